The Labute approximate surface area is 185 Å². The zero-order valence-corrected chi connectivity index (χ0v) is 21.2. The standard InChI is InChI=1S/C23H37N3O4Si/c1-22(2,3)29-21(28)25-13-11-16(12-14-25)26-19-15-17(9-10-18(19)24-20(26)27)30-31(7,8)23(4,5)6/h9-10,15-16H,11-14H2,1-8H3,(H,24,27). The van der Waals surface area contributed by atoms with Gasteiger partial charge in [0.1, 0.15) is 11.4 Å². The van der Waals surface area contributed by atoms with Crippen molar-refractivity contribution < 1.29 is 14.0 Å². The number of likely N-dealkylation sites (tertiary alicyclic amines) is 1. The molecule has 172 valence electrons. The molecular formula is C23H37N3O4Si. The number of hydrogen-bond acceptors (Lipinski definition) is 4. The number of piperidine rings is 1. The number of aromatic nitrogens is 2. The van der Waals surface area contributed by atoms with Crippen LogP contribution in [0, 0.1) is 0 Å². The number of rotatable bonds is 3. The summed E-state index contributed by atoms with van der Waals surface area (Å²) in [6.45, 7) is 17.8. The van der Waals surface area contributed by atoms with Crippen LogP contribution in [0.4, 0.5) is 4.79 Å². The molecule has 1 amide bonds. The van der Waals surface area contributed by atoms with Crippen molar-refractivity contribution >= 4 is 25.4 Å². The van der Waals surface area contributed by atoms with Crippen molar-refractivity contribution in [1.82, 2.24) is 14.5 Å². The van der Waals surface area contributed by atoms with Crippen LogP contribution >= 0.6 is 0 Å². The van der Waals surface area contributed by atoms with E-state index < -0.39 is 13.9 Å². The second-order valence-corrected chi connectivity index (χ2v) is 15.8. The zero-order chi connectivity index (χ0) is 23.2. The molecule has 0 bridgehead atoms. The van der Waals surface area contributed by atoms with Crippen molar-refractivity contribution in [2.45, 2.75) is 84.2 Å². The first kappa shape index (κ1) is 23.4. The van der Waals surface area contributed by atoms with Crippen LogP contribution in [-0.2, 0) is 4.74 Å². The van der Waals surface area contributed by atoms with E-state index in [4.69, 9.17) is 9.16 Å². The zero-order valence-electron chi connectivity index (χ0n) is 20.2. The van der Waals surface area contributed by atoms with Crippen LogP contribution in [0.15, 0.2) is 23.0 Å². The smallest absolute Gasteiger partial charge is 0.410 e. The molecule has 1 N–H and O–H groups in total. The van der Waals surface area contributed by atoms with E-state index in [1.165, 1.54) is 0 Å². The van der Waals surface area contributed by atoms with E-state index >= 15 is 0 Å². The van der Waals surface area contributed by atoms with Gasteiger partial charge in [0.2, 0.25) is 8.32 Å². The molecule has 2 heterocycles. The van der Waals surface area contributed by atoms with Crippen LogP contribution in [-0.4, -0.2) is 47.6 Å². The van der Waals surface area contributed by atoms with Crippen molar-refractivity contribution in [3.63, 3.8) is 0 Å². The second-order valence-electron chi connectivity index (χ2n) is 11.0. The number of imidazole rings is 1. The first-order chi connectivity index (χ1) is 14.2. The third-order valence-corrected chi connectivity index (χ3v) is 10.7. The molecule has 1 saturated heterocycles. The van der Waals surface area contributed by atoms with Gasteiger partial charge < -0.3 is 19.0 Å². The summed E-state index contributed by atoms with van der Waals surface area (Å²) in [6, 6.07) is 5.87. The predicted octanol–water partition coefficient (Wildman–Crippen LogP) is 5.29. The summed E-state index contributed by atoms with van der Waals surface area (Å²) in [6.07, 6.45) is 1.13. The van der Waals surface area contributed by atoms with Crippen molar-refractivity contribution in [2.24, 2.45) is 0 Å². The number of carbonyl (C=O) groups excluding carboxylic acids is 1. The highest BCUT2D eigenvalue weighted by Gasteiger charge is 2.39. The van der Waals surface area contributed by atoms with Crippen LogP contribution in [0.3, 0.4) is 0 Å². The Balaban J connectivity index is 1.81. The Hall–Kier alpha value is -2.22. The maximum atomic E-state index is 12.8. The molecule has 1 aromatic heterocycles. The quantitative estimate of drug-likeness (QED) is 0.649. The van der Waals surface area contributed by atoms with Gasteiger partial charge in [-0.05, 0) is 63.9 Å². The minimum absolute atomic E-state index is 0.0306. The van der Waals surface area contributed by atoms with Gasteiger partial charge in [0, 0.05) is 25.2 Å². The molecule has 1 aliphatic heterocycles. The van der Waals surface area contributed by atoms with E-state index in [1.54, 1.807) is 4.90 Å². The normalized spacial score (nSPS) is 16.6. The van der Waals surface area contributed by atoms with E-state index in [0.29, 0.717) is 25.9 Å². The van der Waals surface area contributed by atoms with Gasteiger partial charge in [-0.25, -0.2) is 9.59 Å². The average molecular weight is 448 g/mol. The first-order valence-corrected chi connectivity index (χ1v) is 14.0. The van der Waals surface area contributed by atoms with Crippen LogP contribution in [0.25, 0.3) is 11.0 Å². The van der Waals surface area contributed by atoms with Gasteiger partial charge in [0.25, 0.3) is 0 Å². The number of hydrogen-bond donors (Lipinski definition) is 1. The lowest BCUT2D eigenvalue weighted by molar-refractivity contribution is 0.0189. The third kappa shape index (κ3) is 5.17. The predicted molar refractivity (Wildman–Crippen MR) is 126 cm³/mol. The number of nitrogens with one attached hydrogen (secondary N) is 1. The van der Waals surface area contributed by atoms with Gasteiger partial charge in [-0.3, -0.25) is 4.57 Å². The number of carbonyl (C=O) groups is 1. The SMILES string of the molecule is CC(C)(C)OC(=O)N1CCC(n2c(=O)[nH]c3ccc(O[Si](C)(C)C(C)(C)C)cc32)CC1. The second kappa shape index (κ2) is 8.04. The Morgan fingerprint density at radius 3 is 2.26 bits per heavy atom. The van der Waals surface area contributed by atoms with Crippen LogP contribution in [0.5, 0.6) is 5.75 Å². The van der Waals surface area contributed by atoms with Gasteiger partial charge >= 0.3 is 11.8 Å². The Morgan fingerprint density at radius 2 is 1.71 bits per heavy atom. The van der Waals surface area contributed by atoms with E-state index in [1.807, 2.05) is 43.5 Å². The van der Waals surface area contributed by atoms with Gasteiger partial charge in [-0.1, -0.05) is 20.8 Å². The molecule has 0 aliphatic carbocycles. The van der Waals surface area contributed by atoms with E-state index in [0.717, 1.165) is 16.8 Å². The number of benzene rings is 1. The third-order valence-electron chi connectivity index (χ3n) is 6.35. The molecule has 0 radical (unpaired) electrons. The number of H-pyrrole nitrogens is 1. The van der Waals surface area contributed by atoms with Crippen molar-refractivity contribution in [3.05, 3.63) is 28.7 Å². The highest BCUT2D eigenvalue weighted by Crippen LogP contribution is 2.38. The van der Waals surface area contributed by atoms with Gasteiger partial charge in [0.05, 0.1) is 11.0 Å². The molecule has 2 aromatic rings. The molecule has 0 atom stereocenters. The van der Waals surface area contributed by atoms with Crippen molar-refractivity contribution in [2.75, 3.05) is 13.1 Å². The summed E-state index contributed by atoms with van der Waals surface area (Å²) in [5.41, 5.74) is 1.04. The van der Waals surface area contributed by atoms with Crippen LogP contribution < -0.4 is 10.1 Å². The number of nitrogens with zero attached hydrogens (tertiary/aromatic N) is 2. The fourth-order valence-electron chi connectivity index (χ4n) is 3.61. The lowest BCUT2D eigenvalue weighted by Crippen LogP contribution is -2.43. The van der Waals surface area contributed by atoms with E-state index in [2.05, 4.69) is 38.8 Å². The Kier molecular flexibility index (Phi) is 6.08. The maximum Gasteiger partial charge on any atom is 0.410 e. The average Bonchev–Trinajstić information content (AvgIpc) is 2.94. The molecule has 1 aliphatic rings. The highest BCUT2D eigenvalue weighted by atomic mass is 28.4. The summed E-state index contributed by atoms with van der Waals surface area (Å²) in [5.74, 6) is 0.804. The molecular weight excluding hydrogens is 410 g/mol. The van der Waals surface area contributed by atoms with Crippen molar-refractivity contribution in [1.29, 1.82) is 0 Å². The summed E-state index contributed by atoms with van der Waals surface area (Å²) >= 11 is 0. The topological polar surface area (TPSA) is 76.6 Å². The van der Waals surface area contributed by atoms with E-state index in [9.17, 15) is 9.59 Å². The molecule has 1 aromatic carbocycles. The molecule has 31 heavy (non-hydrogen) atoms. The fraction of sp³-hybridized carbons (Fsp3) is 0.652. The lowest BCUT2D eigenvalue weighted by Gasteiger charge is -2.36. The molecule has 7 nitrogen and oxygen atoms in total. The minimum atomic E-state index is -1.98. The van der Waals surface area contributed by atoms with Crippen molar-refractivity contribution in [3.8, 4) is 5.75 Å². The summed E-state index contributed by atoms with van der Waals surface area (Å²) < 4.78 is 13.8. The van der Waals surface area contributed by atoms with E-state index in [-0.39, 0.29) is 22.9 Å². The Morgan fingerprint density at radius 1 is 1.10 bits per heavy atom. The number of aromatic amines is 1. The summed E-state index contributed by atoms with van der Waals surface area (Å²) in [5, 5.41) is 0.0915. The maximum absolute atomic E-state index is 12.8. The Bertz CT molecular complexity index is 1000. The highest BCUT2D eigenvalue weighted by molar-refractivity contribution is 6.74. The number of ether oxygens (including phenoxy) is 1. The van der Waals surface area contributed by atoms with Crippen LogP contribution in [0.1, 0.15) is 60.4 Å². The molecule has 0 spiro atoms. The van der Waals surface area contributed by atoms with Crippen LogP contribution in [0.2, 0.25) is 18.1 Å². The molecule has 0 saturated carbocycles. The number of amides is 1. The minimum Gasteiger partial charge on any atom is -0.543 e. The first-order valence-electron chi connectivity index (χ1n) is 11.1. The summed E-state index contributed by atoms with van der Waals surface area (Å²) in [4.78, 5) is 29.8. The monoisotopic (exact) mass is 447 g/mol. The molecule has 0 unspecified atom stereocenters. The number of fused-ring (bicyclic) bond motifs is 1. The molecule has 3 rings (SSSR count). The molecule has 1 fully saturated rings. The molecule has 8 heteroatoms. The fourth-order valence-corrected chi connectivity index (χ4v) is 4.63. The largest absolute Gasteiger partial charge is 0.543 e. The van der Waals surface area contributed by atoms with Gasteiger partial charge in [-0.15, -0.1) is 0 Å². The van der Waals surface area contributed by atoms with Gasteiger partial charge in [-0.2, -0.15) is 0 Å². The van der Waals surface area contributed by atoms with Gasteiger partial charge in [0.15, 0.2) is 0 Å². The lowest BCUT2D eigenvalue weighted by atomic mass is 10.0. The summed E-state index contributed by atoms with van der Waals surface area (Å²) in [7, 11) is -1.98.